The average molecular weight is 375 g/mol. The molecule has 28 heavy (non-hydrogen) atoms. The molecule has 1 aromatic heterocycles. The zero-order chi connectivity index (χ0) is 20.1. The molecule has 0 bridgehead atoms. The summed E-state index contributed by atoms with van der Waals surface area (Å²) >= 11 is 0. The highest BCUT2D eigenvalue weighted by Gasteiger charge is 2.12. The van der Waals surface area contributed by atoms with Crippen LogP contribution in [0.1, 0.15) is 35.3 Å². The number of nitrogens with zero attached hydrogens (tertiary/aromatic N) is 1. The lowest BCUT2D eigenvalue weighted by Crippen LogP contribution is -2.15. The van der Waals surface area contributed by atoms with Gasteiger partial charge in [0.15, 0.2) is 0 Å². The van der Waals surface area contributed by atoms with E-state index < -0.39 is 0 Å². The van der Waals surface area contributed by atoms with E-state index in [1.54, 1.807) is 18.5 Å². The largest absolute Gasteiger partial charge is 0.489 e. The van der Waals surface area contributed by atoms with Gasteiger partial charge in [0.25, 0.3) is 5.91 Å². The van der Waals surface area contributed by atoms with Gasteiger partial charge < -0.3 is 15.4 Å². The van der Waals surface area contributed by atoms with Crippen LogP contribution in [0.15, 0.2) is 60.9 Å². The molecule has 5 heteroatoms. The van der Waals surface area contributed by atoms with E-state index in [9.17, 15) is 4.79 Å². The minimum Gasteiger partial charge on any atom is -0.489 e. The standard InChI is InChI=1S/C23H25N3O2/c1-15(2)28-22-8-6-5-7-21(22)26-23(27)18-12-20(14-24-13-18)25-19-10-9-16(3)17(4)11-19/h5-15,25H,1-4H3,(H,26,27). The van der Waals surface area contributed by atoms with E-state index in [1.807, 2.05) is 44.2 Å². The Labute approximate surface area is 165 Å². The maximum Gasteiger partial charge on any atom is 0.257 e. The third-order valence-corrected chi connectivity index (χ3v) is 4.29. The first-order chi connectivity index (χ1) is 13.4. The predicted octanol–water partition coefficient (Wildman–Crippen LogP) is 5.48. The fraction of sp³-hybridized carbons (Fsp3) is 0.217. The minimum absolute atomic E-state index is 0.0187. The number of hydrogen-bond acceptors (Lipinski definition) is 4. The molecule has 1 heterocycles. The molecular weight excluding hydrogens is 350 g/mol. The van der Waals surface area contributed by atoms with Crippen LogP contribution < -0.4 is 15.4 Å². The second kappa shape index (κ2) is 8.57. The Morgan fingerprint density at radius 2 is 1.75 bits per heavy atom. The molecule has 2 N–H and O–H groups in total. The first-order valence-corrected chi connectivity index (χ1v) is 9.29. The average Bonchev–Trinajstić information content (AvgIpc) is 2.66. The van der Waals surface area contributed by atoms with Crippen LogP contribution >= 0.6 is 0 Å². The van der Waals surface area contributed by atoms with Gasteiger partial charge in [-0.05, 0) is 69.2 Å². The minimum atomic E-state index is -0.240. The molecule has 0 saturated heterocycles. The Hall–Kier alpha value is -3.34. The van der Waals surface area contributed by atoms with Gasteiger partial charge in [-0.1, -0.05) is 18.2 Å². The number of anilines is 3. The van der Waals surface area contributed by atoms with Crippen LogP contribution in [0, 0.1) is 13.8 Å². The number of hydrogen-bond donors (Lipinski definition) is 2. The van der Waals surface area contributed by atoms with Gasteiger partial charge in [-0.25, -0.2) is 0 Å². The molecule has 0 aliphatic heterocycles. The Morgan fingerprint density at radius 1 is 0.964 bits per heavy atom. The molecule has 3 aromatic rings. The van der Waals surface area contributed by atoms with Crippen molar-refractivity contribution < 1.29 is 9.53 Å². The SMILES string of the molecule is Cc1ccc(Nc2cncc(C(=O)Nc3ccccc3OC(C)C)c2)cc1C. The zero-order valence-electron chi connectivity index (χ0n) is 16.6. The van der Waals surface area contributed by atoms with Gasteiger partial charge in [0.05, 0.1) is 29.2 Å². The Balaban J connectivity index is 1.76. The van der Waals surface area contributed by atoms with Gasteiger partial charge in [-0.15, -0.1) is 0 Å². The van der Waals surface area contributed by atoms with Gasteiger partial charge in [0.2, 0.25) is 0 Å². The lowest BCUT2D eigenvalue weighted by molar-refractivity contribution is 0.102. The summed E-state index contributed by atoms with van der Waals surface area (Å²) in [5.74, 6) is 0.402. The molecule has 0 fully saturated rings. The molecule has 1 amide bonds. The number of carbonyl (C=O) groups is 1. The number of rotatable bonds is 6. The Morgan fingerprint density at radius 3 is 2.50 bits per heavy atom. The monoisotopic (exact) mass is 375 g/mol. The van der Waals surface area contributed by atoms with Gasteiger partial charge in [-0.2, -0.15) is 0 Å². The topological polar surface area (TPSA) is 63.2 Å². The van der Waals surface area contributed by atoms with Crippen LogP contribution in [-0.4, -0.2) is 17.0 Å². The summed E-state index contributed by atoms with van der Waals surface area (Å²) < 4.78 is 5.76. The second-order valence-corrected chi connectivity index (χ2v) is 7.00. The fourth-order valence-corrected chi connectivity index (χ4v) is 2.74. The van der Waals surface area contributed by atoms with E-state index in [-0.39, 0.29) is 12.0 Å². The van der Waals surface area contributed by atoms with Gasteiger partial charge in [0, 0.05) is 11.9 Å². The molecule has 0 radical (unpaired) electrons. The molecule has 3 rings (SSSR count). The summed E-state index contributed by atoms with van der Waals surface area (Å²) in [5.41, 5.74) is 5.25. The number of carbonyl (C=O) groups excluding carboxylic acids is 1. The quantitative estimate of drug-likeness (QED) is 0.599. The number of aryl methyl sites for hydroxylation is 2. The number of nitrogens with one attached hydrogen (secondary N) is 2. The van der Waals surface area contributed by atoms with E-state index in [0.717, 1.165) is 11.4 Å². The molecule has 0 atom stereocenters. The molecule has 0 aliphatic carbocycles. The third-order valence-electron chi connectivity index (χ3n) is 4.29. The van der Waals surface area contributed by atoms with Crippen LogP contribution in [0.25, 0.3) is 0 Å². The van der Waals surface area contributed by atoms with Crippen molar-refractivity contribution >= 4 is 23.0 Å². The molecule has 144 valence electrons. The van der Waals surface area contributed by atoms with Crippen LogP contribution in [-0.2, 0) is 0 Å². The summed E-state index contributed by atoms with van der Waals surface area (Å²) in [4.78, 5) is 16.9. The highest BCUT2D eigenvalue weighted by Crippen LogP contribution is 2.26. The van der Waals surface area contributed by atoms with Crippen molar-refractivity contribution in [3.63, 3.8) is 0 Å². The van der Waals surface area contributed by atoms with Gasteiger partial charge in [0.1, 0.15) is 5.75 Å². The van der Waals surface area contributed by atoms with Crippen molar-refractivity contribution in [3.8, 4) is 5.75 Å². The van der Waals surface area contributed by atoms with Crippen molar-refractivity contribution in [1.29, 1.82) is 0 Å². The fourth-order valence-electron chi connectivity index (χ4n) is 2.74. The van der Waals surface area contributed by atoms with Crippen LogP contribution in [0.4, 0.5) is 17.1 Å². The van der Waals surface area contributed by atoms with E-state index in [1.165, 1.54) is 11.1 Å². The van der Waals surface area contributed by atoms with E-state index >= 15 is 0 Å². The van der Waals surface area contributed by atoms with Crippen molar-refractivity contribution in [2.24, 2.45) is 0 Å². The number of benzene rings is 2. The van der Waals surface area contributed by atoms with E-state index in [4.69, 9.17) is 4.74 Å². The smallest absolute Gasteiger partial charge is 0.257 e. The van der Waals surface area contributed by atoms with E-state index in [0.29, 0.717) is 17.0 Å². The number of pyridine rings is 1. The highest BCUT2D eigenvalue weighted by atomic mass is 16.5. The summed E-state index contributed by atoms with van der Waals surface area (Å²) in [6, 6.07) is 15.3. The second-order valence-electron chi connectivity index (χ2n) is 7.00. The normalized spacial score (nSPS) is 10.6. The molecule has 0 saturated carbocycles. The van der Waals surface area contributed by atoms with Crippen molar-refractivity contribution in [2.75, 3.05) is 10.6 Å². The Bertz CT molecular complexity index is 983. The molecule has 0 aliphatic rings. The molecule has 0 unspecified atom stereocenters. The first-order valence-electron chi connectivity index (χ1n) is 9.29. The lowest BCUT2D eigenvalue weighted by Gasteiger charge is -2.15. The van der Waals surface area contributed by atoms with Gasteiger partial charge >= 0.3 is 0 Å². The first kappa shape index (κ1) is 19.4. The summed E-state index contributed by atoms with van der Waals surface area (Å²) in [6.07, 6.45) is 3.26. The maximum absolute atomic E-state index is 12.7. The van der Waals surface area contributed by atoms with Crippen LogP contribution in [0.5, 0.6) is 5.75 Å². The third kappa shape index (κ3) is 4.88. The maximum atomic E-state index is 12.7. The number of aromatic nitrogens is 1. The summed E-state index contributed by atoms with van der Waals surface area (Å²) in [5, 5.41) is 6.21. The number of ether oxygens (including phenoxy) is 1. The number of amides is 1. The Kier molecular flexibility index (Phi) is 5.94. The predicted molar refractivity (Wildman–Crippen MR) is 114 cm³/mol. The van der Waals surface area contributed by atoms with Crippen LogP contribution in [0.3, 0.4) is 0 Å². The zero-order valence-corrected chi connectivity index (χ0v) is 16.6. The van der Waals surface area contributed by atoms with Crippen LogP contribution in [0.2, 0.25) is 0 Å². The van der Waals surface area contributed by atoms with E-state index in [2.05, 4.69) is 41.6 Å². The number of para-hydroxylation sites is 2. The highest BCUT2D eigenvalue weighted by molar-refractivity contribution is 6.05. The summed E-state index contributed by atoms with van der Waals surface area (Å²) in [6.45, 7) is 8.04. The molecule has 5 nitrogen and oxygen atoms in total. The molecule has 0 spiro atoms. The van der Waals surface area contributed by atoms with Gasteiger partial charge in [-0.3, -0.25) is 9.78 Å². The van der Waals surface area contributed by atoms with Crippen molar-refractivity contribution in [1.82, 2.24) is 4.98 Å². The molecular formula is C23H25N3O2. The molecule has 2 aromatic carbocycles. The van der Waals surface area contributed by atoms with Crippen molar-refractivity contribution in [3.05, 3.63) is 77.6 Å². The summed E-state index contributed by atoms with van der Waals surface area (Å²) in [7, 11) is 0. The van der Waals surface area contributed by atoms with Crippen molar-refractivity contribution in [2.45, 2.75) is 33.8 Å². The lowest BCUT2D eigenvalue weighted by atomic mass is 10.1.